The fourth-order valence-corrected chi connectivity index (χ4v) is 5.98. The number of rotatable bonds is 9. The summed E-state index contributed by atoms with van der Waals surface area (Å²) in [5.41, 5.74) is 4.29. The maximum atomic E-state index is 2.35. The summed E-state index contributed by atoms with van der Waals surface area (Å²) in [7, 11) is 8.20. The molecule has 3 nitrogen and oxygen atoms in total. The number of para-hydroxylation sites is 1. The molecule has 6 heteroatoms. The number of hydrogen-bond acceptors (Lipinski definition) is 0. The van der Waals surface area contributed by atoms with E-state index in [1.54, 1.807) is 0 Å². The van der Waals surface area contributed by atoms with Crippen LogP contribution in [-0.2, 0) is 33.5 Å². The molecule has 0 radical (unpaired) electrons. The van der Waals surface area contributed by atoms with Gasteiger partial charge in [0.25, 0.3) is 0 Å². The molecule has 0 fully saturated rings. The molecule has 40 heavy (non-hydrogen) atoms. The van der Waals surface area contributed by atoms with Gasteiger partial charge in [0, 0.05) is 84.2 Å². The zero-order chi connectivity index (χ0) is 28.6. The molecule has 5 aromatic rings. The van der Waals surface area contributed by atoms with Crippen LogP contribution < -0.4 is 13.7 Å². The highest BCUT2D eigenvalue weighted by Gasteiger charge is 2.07. The van der Waals surface area contributed by atoms with Crippen molar-refractivity contribution in [3.05, 3.63) is 115 Å². The van der Waals surface area contributed by atoms with Crippen LogP contribution in [0.1, 0.15) is 30.5 Å². The van der Waals surface area contributed by atoms with Crippen molar-refractivity contribution in [2.45, 2.75) is 56.8 Å². The largest absolute Gasteiger partial charge is 0.212 e. The van der Waals surface area contributed by atoms with Crippen LogP contribution in [0.15, 0.2) is 104 Å². The third-order valence-corrected chi connectivity index (χ3v) is 9.42. The minimum atomic E-state index is 1.16. The Morgan fingerprint density at radius 2 is 1.25 bits per heavy atom. The van der Waals surface area contributed by atoms with E-state index in [2.05, 4.69) is 131 Å². The molecular formula is C34H50N3Si3+3. The summed E-state index contributed by atoms with van der Waals surface area (Å²) in [5, 5.41) is 4.11. The van der Waals surface area contributed by atoms with Gasteiger partial charge in [-0.05, 0) is 36.4 Å². The molecule has 0 amide bonds. The van der Waals surface area contributed by atoms with Crippen LogP contribution in [0.25, 0.3) is 21.7 Å². The molecule has 5 rings (SSSR count). The Bertz CT molecular complexity index is 1450. The SMILES string of the molecule is C[n+]1cc(CCC[SiH3])c2ccccc2c1.C[n+]1ccccc1CCC[SiH3].[SiH3]CCC[n+]1cccc2ccccc21. The van der Waals surface area contributed by atoms with Crippen molar-refractivity contribution in [1.82, 2.24) is 0 Å². The minimum absolute atomic E-state index is 1.16. The van der Waals surface area contributed by atoms with E-state index in [1.165, 1.54) is 114 Å². The molecule has 2 aromatic carbocycles. The molecular weight excluding hydrogens is 535 g/mol. The van der Waals surface area contributed by atoms with Crippen molar-refractivity contribution in [1.29, 1.82) is 0 Å². The Labute approximate surface area is 251 Å². The van der Waals surface area contributed by atoms with Crippen LogP contribution in [0.4, 0.5) is 0 Å². The Hall–Kier alpha value is -2.94. The van der Waals surface area contributed by atoms with Gasteiger partial charge in [-0.2, -0.15) is 4.57 Å². The Balaban J connectivity index is 0.000000168. The van der Waals surface area contributed by atoms with Gasteiger partial charge in [-0.3, -0.25) is 0 Å². The predicted molar refractivity (Wildman–Crippen MR) is 182 cm³/mol. The highest BCUT2D eigenvalue weighted by atomic mass is 28.2. The minimum Gasteiger partial charge on any atom is -0.207 e. The lowest BCUT2D eigenvalue weighted by Crippen LogP contribution is -2.33. The van der Waals surface area contributed by atoms with E-state index in [1.807, 2.05) is 0 Å². The molecule has 3 heterocycles. The van der Waals surface area contributed by atoms with Crippen LogP contribution >= 0.6 is 0 Å². The van der Waals surface area contributed by atoms with E-state index in [9.17, 15) is 0 Å². The standard InChI is InChI=1S/C13H18NSi.C12H16NSi.C9H16NSi/c1-14-9-11-5-2-3-7-13(11)12(10-14)6-4-8-15;14-10-4-9-13-8-3-6-11-5-1-2-7-12(11)13;1-10-7-3-2-5-9(10)6-4-8-11/h2-3,5,7,9-10H,4,6,8H2,1,15H3;1-3,5-8H,4,9-10H2,14H3;2-3,5,7H,4,6,8H2,1,11H3/q3*+1. The van der Waals surface area contributed by atoms with Gasteiger partial charge in [0.2, 0.25) is 5.52 Å². The van der Waals surface area contributed by atoms with Gasteiger partial charge in [0.05, 0.1) is 0 Å². The van der Waals surface area contributed by atoms with E-state index in [0.29, 0.717) is 0 Å². The molecule has 0 spiro atoms. The van der Waals surface area contributed by atoms with Gasteiger partial charge in [0.1, 0.15) is 20.6 Å². The number of nitrogens with zero attached hydrogens (tertiary/aromatic N) is 3. The smallest absolute Gasteiger partial charge is 0.207 e. The van der Waals surface area contributed by atoms with Gasteiger partial charge in [-0.15, -0.1) is 0 Å². The van der Waals surface area contributed by atoms with Crippen molar-refractivity contribution < 1.29 is 13.7 Å². The summed E-state index contributed by atoms with van der Waals surface area (Å²) >= 11 is 0. The first-order chi connectivity index (χ1) is 19.6. The number of benzene rings is 2. The van der Waals surface area contributed by atoms with Crippen molar-refractivity contribution in [2.75, 3.05) is 0 Å². The van der Waals surface area contributed by atoms with Gasteiger partial charge < -0.3 is 0 Å². The Morgan fingerprint density at radius 1 is 0.600 bits per heavy atom. The summed E-state index contributed by atoms with van der Waals surface area (Å²) < 4.78 is 6.73. The molecule has 0 aliphatic heterocycles. The summed E-state index contributed by atoms with van der Waals surface area (Å²) in [4.78, 5) is 0. The average molecular weight is 585 g/mol. The highest BCUT2D eigenvalue weighted by molar-refractivity contribution is 6.08. The molecule has 0 saturated heterocycles. The second kappa shape index (κ2) is 17.7. The molecule has 0 atom stereocenters. The van der Waals surface area contributed by atoms with Gasteiger partial charge >= 0.3 is 0 Å². The van der Waals surface area contributed by atoms with Gasteiger partial charge in [-0.25, -0.2) is 9.13 Å². The Kier molecular flexibility index (Phi) is 14.0. The fraction of sp³-hybridized carbons (Fsp3) is 0.324. The van der Waals surface area contributed by atoms with Gasteiger partial charge in [-0.1, -0.05) is 61.0 Å². The first kappa shape index (κ1) is 31.6. The molecule has 0 unspecified atom stereocenters. The summed E-state index contributed by atoms with van der Waals surface area (Å²) in [6.45, 7) is 1.16. The van der Waals surface area contributed by atoms with Crippen molar-refractivity contribution in [2.24, 2.45) is 14.1 Å². The number of pyridine rings is 3. The molecule has 0 N–H and O–H groups in total. The zero-order valence-electron chi connectivity index (χ0n) is 25.5. The molecule has 0 aliphatic rings. The van der Waals surface area contributed by atoms with Crippen LogP contribution in [0.3, 0.4) is 0 Å². The Morgan fingerprint density at radius 3 is 2.00 bits per heavy atom. The number of fused-ring (bicyclic) bond motifs is 2. The summed E-state index contributed by atoms with van der Waals surface area (Å²) in [5.74, 6) is 0. The second-order valence-electron chi connectivity index (χ2n) is 10.7. The lowest BCUT2D eigenvalue weighted by Gasteiger charge is -2.03. The number of aryl methyl sites for hydroxylation is 5. The molecule has 0 bridgehead atoms. The molecule has 210 valence electrons. The maximum Gasteiger partial charge on any atom is 0.212 e. The number of aromatic nitrogens is 3. The van der Waals surface area contributed by atoms with Crippen LogP contribution in [-0.4, -0.2) is 30.7 Å². The molecule has 0 aliphatic carbocycles. The quantitative estimate of drug-likeness (QED) is 0.187. The van der Waals surface area contributed by atoms with E-state index < -0.39 is 0 Å². The fourth-order valence-electron chi connectivity index (χ4n) is 4.96. The first-order valence-corrected chi connectivity index (χ1v) is 19.5. The van der Waals surface area contributed by atoms with Crippen molar-refractivity contribution in [3.8, 4) is 0 Å². The zero-order valence-corrected chi connectivity index (χ0v) is 31.5. The van der Waals surface area contributed by atoms with E-state index >= 15 is 0 Å². The van der Waals surface area contributed by atoms with E-state index in [0.717, 1.165) is 6.54 Å². The molecule has 0 saturated carbocycles. The third kappa shape index (κ3) is 9.91. The molecule has 3 aromatic heterocycles. The van der Waals surface area contributed by atoms with Crippen LogP contribution in [0.2, 0.25) is 18.1 Å². The van der Waals surface area contributed by atoms with E-state index in [4.69, 9.17) is 0 Å². The van der Waals surface area contributed by atoms with Crippen molar-refractivity contribution in [3.63, 3.8) is 0 Å². The predicted octanol–water partition coefficient (Wildman–Crippen LogP) is 2.91. The maximum absolute atomic E-state index is 2.35. The lowest BCUT2D eigenvalue weighted by molar-refractivity contribution is -0.679. The third-order valence-electron chi connectivity index (χ3n) is 7.30. The van der Waals surface area contributed by atoms with E-state index in [-0.39, 0.29) is 0 Å². The summed E-state index contributed by atoms with van der Waals surface area (Å²) in [6, 6.07) is 32.1. The van der Waals surface area contributed by atoms with Crippen LogP contribution in [0.5, 0.6) is 0 Å². The normalized spacial score (nSPS) is 10.8. The average Bonchev–Trinajstić information content (AvgIpc) is 2.99. The first-order valence-electron chi connectivity index (χ1n) is 15.2. The second-order valence-corrected chi connectivity index (χ2v) is 13.7. The van der Waals surface area contributed by atoms with Crippen molar-refractivity contribution >= 4 is 52.4 Å². The highest BCUT2D eigenvalue weighted by Crippen LogP contribution is 2.17. The van der Waals surface area contributed by atoms with Crippen LogP contribution in [0, 0.1) is 0 Å². The lowest BCUT2D eigenvalue weighted by atomic mass is 10.0. The van der Waals surface area contributed by atoms with Gasteiger partial charge in [0.15, 0.2) is 30.5 Å². The number of hydrogen-bond donors (Lipinski definition) is 0. The monoisotopic (exact) mass is 584 g/mol. The summed E-state index contributed by atoms with van der Waals surface area (Å²) in [6.07, 6.45) is 15.2. The topological polar surface area (TPSA) is 11.6 Å².